The topological polar surface area (TPSA) is 70.5 Å². The van der Waals surface area contributed by atoms with E-state index in [-0.39, 0.29) is 11.6 Å². The molecule has 1 aromatic rings. The molecule has 0 bridgehead atoms. The average Bonchev–Trinajstić information content (AvgIpc) is 2.72. The Morgan fingerprint density at radius 1 is 1.45 bits per heavy atom. The molecule has 5 nitrogen and oxygen atoms in total. The Labute approximate surface area is 122 Å². The summed E-state index contributed by atoms with van der Waals surface area (Å²) in [5.41, 5.74) is 0.311. The summed E-state index contributed by atoms with van der Waals surface area (Å²) in [6.45, 7) is 1.46. The predicted octanol–water partition coefficient (Wildman–Crippen LogP) is 2.14. The fourth-order valence-corrected chi connectivity index (χ4v) is 3.07. The third-order valence-electron chi connectivity index (χ3n) is 3.47. The summed E-state index contributed by atoms with van der Waals surface area (Å²) in [7, 11) is 0. The number of carboxylic acids is 1. The first-order valence-electron chi connectivity index (χ1n) is 6.63. The van der Waals surface area contributed by atoms with Crippen LogP contribution in [0.25, 0.3) is 0 Å². The molecule has 6 heteroatoms. The van der Waals surface area contributed by atoms with Gasteiger partial charge in [-0.15, -0.1) is 0 Å². The maximum Gasteiger partial charge on any atom is 0.354 e. The van der Waals surface area contributed by atoms with E-state index in [4.69, 9.17) is 5.11 Å². The lowest BCUT2D eigenvalue weighted by Gasteiger charge is -2.23. The normalized spacial score (nSPS) is 19.4. The number of nitrogens with zero attached hydrogens (tertiary/aromatic N) is 2. The molecule has 0 aromatic carbocycles. The predicted molar refractivity (Wildman–Crippen MR) is 78.3 cm³/mol. The minimum atomic E-state index is -1.11. The van der Waals surface area contributed by atoms with Crippen molar-refractivity contribution in [3.8, 4) is 0 Å². The molecule has 0 saturated carbocycles. The zero-order chi connectivity index (χ0) is 14.5. The van der Waals surface area contributed by atoms with E-state index in [1.807, 2.05) is 4.90 Å². The van der Waals surface area contributed by atoms with Gasteiger partial charge in [0.05, 0.1) is 0 Å². The van der Waals surface area contributed by atoms with Gasteiger partial charge in [0, 0.05) is 30.1 Å². The minimum Gasteiger partial charge on any atom is -0.477 e. The quantitative estimate of drug-likeness (QED) is 0.925. The summed E-state index contributed by atoms with van der Waals surface area (Å²) in [5, 5.41) is 9.40. The molecule has 1 amide bonds. The van der Waals surface area contributed by atoms with Crippen molar-refractivity contribution in [1.29, 1.82) is 0 Å². The van der Waals surface area contributed by atoms with Crippen LogP contribution in [0.3, 0.4) is 0 Å². The first-order valence-corrected chi connectivity index (χ1v) is 7.92. The molecule has 1 aliphatic rings. The third kappa shape index (κ3) is 3.50. The molecule has 108 valence electrons. The second-order valence-electron chi connectivity index (χ2n) is 4.84. The Balaban J connectivity index is 2.17. The molecule has 1 aliphatic heterocycles. The van der Waals surface area contributed by atoms with Crippen LogP contribution in [0.4, 0.5) is 0 Å². The van der Waals surface area contributed by atoms with Gasteiger partial charge in [-0.25, -0.2) is 9.78 Å². The van der Waals surface area contributed by atoms with Gasteiger partial charge < -0.3 is 10.0 Å². The maximum atomic E-state index is 12.5. The number of rotatable bonds is 3. The zero-order valence-electron chi connectivity index (χ0n) is 11.4. The minimum absolute atomic E-state index is 0.0907. The Morgan fingerprint density at radius 3 is 2.95 bits per heavy atom. The van der Waals surface area contributed by atoms with Crippen LogP contribution in [-0.4, -0.2) is 51.5 Å². The maximum absolute atomic E-state index is 12.5. The highest BCUT2D eigenvalue weighted by Crippen LogP contribution is 2.21. The molecule has 2 rings (SSSR count). The van der Waals surface area contributed by atoms with E-state index in [0.29, 0.717) is 10.8 Å². The molecule has 1 unspecified atom stereocenters. The van der Waals surface area contributed by atoms with Gasteiger partial charge in [0.25, 0.3) is 5.91 Å². The Hall–Kier alpha value is -1.56. The van der Waals surface area contributed by atoms with Crippen LogP contribution < -0.4 is 0 Å². The fourth-order valence-electron chi connectivity index (χ4n) is 2.34. The first kappa shape index (κ1) is 14.8. The number of likely N-dealkylation sites (tertiary alicyclic amines) is 1. The van der Waals surface area contributed by atoms with Crippen LogP contribution in [0.5, 0.6) is 0 Å². The third-order valence-corrected chi connectivity index (χ3v) is 4.53. The second-order valence-corrected chi connectivity index (χ2v) is 5.98. The number of carboxylic acid groups (broad SMARTS) is 1. The number of pyridine rings is 1. The SMILES string of the molecule is CSC1CCCCN(C(=O)c2ccnc(C(=O)O)c2)C1. The molecule has 1 N–H and O–H groups in total. The van der Waals surface area contributed by atoms with Crippen LogP contribution in [0, 0.1) is 0 Å². The van der Waals surface area contributed by atoms with E-state index in [9.17, 15) is 9.59 Å². The summed E-state index contributed by atoms with van der Waals surface area (Å²) >= 11 is 1.78. The summed E-state index contributed by atoms with van der Waals surface area (Å²) in [5.74, 6) is -1.21. The van der Waals surface area contributed by atoms with Crippen LogP contribution in [0.2, 0.25) is 0 Å². The highest BCUT2D eigenvalue weighted by molar-refractivity contribution is 7.99. The molecule has 0 spiro atoms. The van der Waals surface area contributed by atoms with Gasteiger partial charge in [-0.3, -0.25) is 4.79 Å². The van der Waals surface area contributed by atoms with E-state index in [2.05, 4.69) is 11.2 Å². The zero-order valence-corrected chi connectivity index (χ0v) is 12.2. The lowest BCUT2D eigenvalue weighted by Crippen LogP contribution is -2.35. The van der Waals surface area contributed by atoms with Crippen molar-refractivity contribution in [1.82, 2.24) is 9.88 Å². The Bertz CT molecular complexity index is 507. The van der Waals surface area contributed by atoms with Crippen molar-refractivity contribution in [2.75, 3.05) is 19.3 Å². The Kier molecular flexibility index (Phi) is 5.00. The number of carbonyl (C=O) groups is 2. The van der Waals surface area contributed by atoms with E-state index < -0.39 is 5.97 Å². The number of aromatic nitrogens is 1. The summed E-state index contributed by atoms with van der Waals surface area (Å²) in [6, 6.07) is 2.93. The molecule has 0 radical (unpaired) electrons. The van der Waals surface area contributed by atoms with Gasteiger partial charge in [-0.2, -0.15) is 11.8 Å². The average molecular weight is 294 g/mol. The van der Waals surface area contributed by atoms with Gasteiger partial charge in [0.1, 0.15) is 5.69 Å². The molecule has 1 saturated heterocycles. The van der Waals surface area contributed by atoms with Gasteiger partial charge in [-0.1, -0.05) is 6.42 Å². The summed E-state index contributed by atoms with van der Waals surface area (Å²) in [6.07, 6.45) is 6.70. The summed E-state index contributed by atoms with van der Waals surface area (Å²) < 4.78 is 0. The summed E-state index contributed by atoms with van der Waals surface area (Å²) in [4.78, 5) is 29.0. The molecule has 1 aromatic heterocycles. The van der Waals surface area contributed by atoms with Gasteiger partial charge in [0.15, 0.2) is 0 Å². The highest BCUT2D eigenvalue weighted by Gasteiger charge is 2.23. The lowest BCUT2D eigenvalue weighted by atomic mass is 10.2. The second kappa shape index (κ2) is 6.74. The monoisotopic (exact) mass is 294 g/mol. The lowest BCUT2D eigenvalue weighted by molar-refractivity contribution is 0.0690. The van der Waals surface area contributed by atoms with E-state index in [0.717, 1.165) is 32.4 Å². The van der Waals surface area contributed by atoms with Crippen LogP contribution in [0.15, 0.2) is 18.3 Å². The van der Waals surface area contributed by atoms with Gasteiger partial charge >= 0.3 is 5.97 Å². The smallest absolute Gasteiger partial charge is 0.354 e. The molecule has 1 fully saturated rings. The van der Waals surface area contributed by atoms with Crippen molar-refractivity contribution in [3.63, 3.8) is 0 Å². The van der Waals surface area contributed by atoms with Crippen molar-refractivity contribution in [2.45, 2.75) is 24.5 Å². The van der Waals surface area contributed by atoms with Crippen LogP contribution >= 0.6 is 11.8 Å². The number of hydrogen-bond donors (Lipinski definition) is 1. The number of hydrogen-bond acceptors (Lipinski definition) is 4. The number of carbonyl (C=O) groups excluding carboxylic acids is 1. The standard InChI is InChI=1S/C14H18N2O3S/c1-20-11-4-2-3-7-16(9-11)13(17)10-5-6-15-12(8-10)14(18)19/h5-6,8,11H,2-4,7,9H2,1H3,(H,18,19). The van der Waals surface area contributed by atoms with Crippen molar-refractivity contribution in [2.24, 2.45) is 0 Å². The molecular formula is C14H18N2O3S. The van der Waals surface area contributed by atoms with Crippen LogP contribution in [0.1, 0.15) is 40.1 Å². The largest absolute Gasteiger partial charge is 0.477 e. The Morgan fingerprint density at radius 2 is 2.25 bits per heavy atom. The van der Waals surface area contributed by atoms with Gasteiger partial charge in [0.2, 0.25) is 0 Å². The molecular weight excluding hydrogens is 276 g/mol. The molecule has 2 heterocycles. The highest BCUT2D eigenvalue weighted by atomic mass is 32.2. The molecule has 20 heavy (non-hydrogen) atoms. The van der Waals surface area contributed by atoms with Crippen molar-refractivity contribution in [3.05, 3.63) is 29.6 Å². The number of amides is 1. The van der Waals surface area contributed by atoms with Crippen LogP contribution in [-0.2, 0) is 0 Å². The van der Waals surface area contributed by atoms with E-state index in [1.165, 1.54) is 12.3 Å². The van der Waals surface area contributed by atoms with Gasteiger partial charge in [-0.05, 0) is 31.2 Å². The van der Waals surface area contributed by atoms with Crippen molar-refractivity contribution < 1.29 is 14.7 Å². The van der Waals surface area contributed by atoms with E-state index in [1.54, 1.807) is 17.8 Å². The molecule has 0 aliphatic carbocycles. The number of aromatic carboxylic acids is 1. The molecule has 1 atom stereocenters. The fraction of sp³-hybridized carbons (Fsp3) is 0.500. The van der Waals surface area contributed by atoms with E-state index >= 15 is 0 Å². The van der Waals surface area contributed by atoms with Crippen molar-refractivity contribution >= 4 is 23.6 Å². The number of thioether (sulfide) groups is 1. The first-order chi connectivity index (χ1) is 9.61.